The Morgan fingerprint density at radius 1 is 0.516 bits per heavy atom. The summed E-state index contributed by atoms with van der Waals surface area (Å²) in [5, 5.41) is 0. The number of hydrogen-bond donors (Lipinski definition) is 0. The van der Waals surface area contributed by atoms with Crippen molar-refractivity contribution >= 4 is 24.8 Å². The molecule has 6 rings (SSSR count). The number of rotatable bonds is 2. The fourth-order valence-corrected chi connectivity index (χ4v) is 5.34. The number of fused-ring (bicyclic) bond motifs is 6. The molecule has 0 saturated carbocycles. The third kappa shape index (κ3) is 3.76. The van der Waals surface area contributed by atoms with E-state index < -0.39 is 0 Å². The molecular formula is C28H24Cl2Zr. The summed E-state index contributed by atoms with van der Waals surface area (Å²) in [6.45, 7) is 2.39. The van der Waals surface area contributed by atoms with Gasteiger partial charge < -0.3 is 0 Å². The molecule has 2 aliphatic carbocycles. The molecule has 31 heavy (non-hydrogen) atoms. The molecule has 2 aliphatic rings. The van der Waals surface area contributed by atoms with E-state index in [9.17, 15) is 0 Å². The van der Waals surface area contributed by atoms with Crippen molar-refractivity contribution in [2.24, 2.45) is 0 Å². The Bertz CT molecular complexity index is 1150. The standard InChI is InChI=1S/C28H22.2ClH.Zr/c1-18(21-12-6-14-25-23-10-4-2-8-19(23)16-27(21)25)22-13-7-15-26-24-11-5-3-9-20(24)17-28(22)26;;;/h2-15,18H,16-17H2,1H3;2*1H;. The Labute approximate surface area is 216 Å². The minimum Gasteiger partial charge on any atom is -0.147 e. The largest absolute Gasteiger partial charge is 0.147 e. The number of halogens is 2. The van der Waals surface area contributed by atoms with Crippen LogP contribution >= 0.6 is 24.8 Å². The summed E-state index contributed by atoms with van der Waals surface area (Å²) in [6, 6.07) is 31.5. The van der Waals surface area contributed by atoms with E-state index in [-0.39, 0.29) is 51.0 Å². The molecule has 0 N–H and O–H groups in total. The van der Waals surface area contributed by atoms with Gasteiger partial charge in [-0.3, -0.25) is 0 Å². The SMILES string of the molecule is CC(c1cccc2c1Cc1ccccc1-2)c1cccc2c1Cc1ccccc1-2.Cl.Cl.[Zr]. The maximum absolute atomic E-state index is 2.39. The van der Waals surface area contributed by atoms with Gasteiger partial charge in [0.1, 0.15) is 0 Å². The summed E-state index contributed by atoms with van der Waals surface area (Å²) in [7, 11) is 0. The summed E-state index contributed by atoms with van der Waals surface area (Å²) in [6.07, 6.45) is 2.11. The molecule has 0 bridgehead atoms. The fraction of sp³-hybridized carbons (Fsp3) is 0.143. The van der Waals surface area contributed by atoms with Crippen LogP contribution in [0.2, 0.25) is 0 Å². The summed E-state index contributed by atoms with van der Waals surface area (Å²) in [5.41, 5.74) is 14.6. The Kier molecular flexibility index (Phi) is 7.32. The van der Waals surface area contributed by atoms with Gasteiger partial charge in [-0.25, -0.2) is 0 Å². The molecule has 0 spiro atoms. The first-order valence-corrected chi connectivity index (χ1v) is 10.2. The van der Waals surface area contributed by atoms with E-state index in [1.165, 1.54) is 55.6 Å². The molecule has 0 radical (unpaired) electrons. The van der Waals surface area contributed by atoms with Crippen molar-refractivity contribution in [1.29, 1.82) is 0 Å². The van der Waals surface area contributed by atoms with Gasteiger partial charge >= 0.3 is 0 Å². The van der Waals surface area contributed by atoms with Crippen LogP contribution in [0.25, 0.3) is 22.3 Å². The Hall–Kier alpha value is -1.66. The zero-order chi connectivity index (χ0) is 18.7. The number of benzene rings is 4. The monoisotopic (exact) mass is 520 g/mol. The third-order valence-corrected chi connectivity index (χ3v) is 6.71. The van der Waals surface area contributed by atoms with Crippen LogP contribution in [0, 0.1) is 0 Å². The smallest absolute Gasteiger partial charge is 0.00671 e. The van der Waals surface area contributed by atoms with E-state index >= 15 is 0 Å². The van der Waals surface area contributed by atoms with Gasteiger partial charge in [0.05, 0.1) is 0 Å². The molecule has 0 fully saturated rings. The van der Waals surface area contributed by atoms with E-state index in [1.54, 1.807) is 0 Å². The first kappa shape index (κ1) is 24.0. The van der Waals surface area contributed by atoms with Crippen molar-refractivity contribution in [3.63, 3.8) is 0 Å². The zero-order valence-electron chi connectivity index (χ0n) is 17.4. The Balaban J connectivity index is 0.000000907. The van der Waals surface area contributed by atoms with Crippen molar-refractivity contribution in [2.45, 2.75) is 25.7 Å². The zero-order valence-corrected chi connectivity index (χ0v) is 21.5. The molecule has 154 valence electrons. The van der Waals surface area contributed by atoms with Gasteiger partial charge in [-0.15, -0.1) is 24.8 Å². The van der Waals surface area contributed by atoms with Crippen LogP contribution in [0.5, 0.6) is 0 Å². The van der Waals surface area contributed by atoms with E-state index in [2.05, 4.69) is 91.9 Å². The second-order valence-corrected chi connectivity index (χ2v) is 8.14. The molecular weight excluding hydrogens is 498 g/mol. The van der Waals surface area contributed by atoms with Gasteiger partial charge in [0.2, 0.25) is 0 Å². The molecule has 0 nitrogen and oxygen atoms in total. The molecule has 0 amide bonds. The van der Waals surface area contributed by atoms with Crippen molar-refractivity contribution < 1.29 is 26.2 Å². The molecule has 4 aromatic rings. The molecule has 3 heteroatoms. The maximum Gasteiger partial charge on any atom is 0.00671 e. The van der Waals surface area contributed by atoms with Crippen LogP contribution in [0.4, 0.5) is 0 Å². The predicted octanol–water partition coefficient (Wildman–Crippen LogP) is 7.82. The average Bonchev–Trinajstić information content (AvgIpc) is 3.31. The molecule has 4 aromatic carbocycles. The van der Waals surface area contributed by atoms with Gasteiger partial charge in [0.25, 0.3) is 0 Å². The topological polar surface area (TPSA) is 0 Å². The Morgan fingerprint density at radius 2 is 0.903 bits per heavy atom. The summed E-state index contributed by atoms with van der Waals surface area (Å²) in [5.74, 6) is 0.397. The van der Waals surface area contributed by atoms with E-state index in [4.69, 9.17) is 0 Å². The van der Waals surface area contributed by atoms with Gasteiger partial charge in [-0.1, -0.05) is 91.9 Å². The minimum absolute atomic E-state index is 0. The molecule has 0 atom stereocenters. The van der Waals surface area contributed by atoms with Crippen LogP contribution in [0.1, 0.15) is 46.2 Å². The molecule has 0 unspecified atom stereocenters. The van der Waals surface area contributed by atoms with Crippen LogP contribution in [0.15, 0.2) is 84.9 Å². The maximum atomic E-state index is 2.39. The second kappa shape index (κ2) is 9.45. The summed E-state index contributed by atoms with van der Waals surface area (Å²) < 4.78 is 0. The van der Waals surface area contributed by atoms with Gasteiger partial charge in [-0.05, 0) is 68.5 Å². The van der Waals surface area contributed by atoms with Crippen LogP contribution in [-0.4, -0.2) is 0 Å². The van der Waals surface area contributed by atoms with E-state index in [0.29, 0.717) is 5.92 Å². The number of hydrogen-bond acceptors (Lipinski definition) is 0. The predicted molar refractivity (Wildman–Crippen MR) is 131 cm³/mol. The molecule has 0 aromatic heterocycles. The van der Waals surface area contributed by atoms with Crippen LogP contribution in [0.3, 0.4) is 0 Å². The molecule has 0 heterocycles. The normalized spacial score (nSPS) is 11.9. The second-order valence-electron chi connectivity index (χ2n) is 8.14. The van der Waals surface area contributed by atoms with Crippen LogP contribution in [-0.2, 0) is 39.0 Å². The van der Waals surface area contributed by atoms with Crippen molar-refractivity contribution in [3.8, 4) is 22.3 Å². The van der Waals surface area contributed by atoms with E-state index in [1.807, 2.05) is 0 Å². The van der Waals surface area contributed by atoms with Gasteiger partial charge in [0.15, 0.2) is 0 Å². The molecule has 0 aliphatic heterocycles. The first-order chi connectivity index (χ1) is 13.8. The molecule has 0 saturated heterocycles. The fourth-order valence-electron chi connectivity index (χ4n) is 5.34. The van der Waals surface area contributed by atoms with Gasteiger partial charge in [-0.2, -0.15) is 0 Å². The summed E-state index contributed by atoms with van der Waals surface area (Å²) in [4.78, 5) is 0. The first-order valence-electron chi connectivity index (χ1n) is 10.2. The minimum atomic E-state index is 0. The third-order valence-electron chi connectivity index (χ3n) is 6.71. The van der Waals surface area contributed by atoms with Crippen molar-refractivity contribution in [3.05, 3.63) is 118 Å². The van der Waals surface area contributed by atoms with Crippen LogP contribution < -0.4 is 0 Å². The van der Waals surface area contributed by atoms with Crippen molar-refractivity contribution in [1.82, 2.24) is 0 Å². The van der Waals surface area contributed by atoms with Gasteiger partial charge in [0, 0.05) is 32.1 Å². The van der Waals surface area contributed by atoms with E-state index in [0.717, 1.165) is 12.8 Å². The Morgan fingerprint density at radius 3 is 1.35 bits per heavy atom. The average molecular weight is 523 g/mol. The van der Waals surface area contributed by atoms with Crippen molar-refractivity contribution in [2.75, 3.05) is 0 Å². The summed E-state index contributed by atoms with van der Waals surface area (Å²) >= 11 is 0. The quantitative estimate of drug-likeness (QED) is 0.217.